The smallest absolute Gasteiger partial charge is 0.276 e. The highest BCUT2D eigenvalue weighted by Gasteiger charge is 2.43. The molecule has 0 aromatic heterocycles. The topological polar surface area (TPSA) is 94.7 Å². The molecule has 1 saturated carbocycles. The molecule has 2 N–H and O–H groups in total. The number of rotatable bonds is 6. The molecule has 27 heavy (non-hydrogen) atoms. The van der Waals surface area contributed by atoms with Gasteiger partial charge in [-0.1, -0.05) is 0 Å². The molecule has 2 fully saturated rings. The van der Waals surface area contributed by atoms with Gasteiger partial charge in [0.05, 0.1) is 37.1 Å². The average molecular weight is 395 g/mol. The predicted octanol–water partition coefficient (Wildman–Crippen LogP) is -0.477. The summed E-state index contributed by atoms with van der Waals surface area (Å²) in [6.07, 6.45) is 1.91. The molecule has 1 aromatic carbocycles. The lowest BCUT2D eigenvalue weighted by Crippen LogP contribution is -3.16. The molecule has 0 radical (unpaired) electrons. The molecule has 2 aliphatic rings. The molecule has 1 aromatic rings. The monoisotopic (exact) mass is 395 g/mol. The number of nitrogens with one attached hydrogen (secondary N) is 2. The Kier molecular flexibility index (Phi) is 5.51. The zero-order chi connectivity index (χ0) is 19.7. The highest BCUT2D eigenvalue weighted by molar-refractivity contribution is 7.89. The van der Waals surface area contributed by atoms with Crippen LogP contribution in [0.5, 0.6) is 0 Å². The summed E-state index contributed by atoms with van der Waals surface area (Å²) < 4.78 is 39.6. The van der Waals surface area contributed by atoms with Crippen LogP contribution in [0.25, 0.3) is 0 Å². The fraction of sp³-hybridized carbons (Fsp3) is 0.556. The molecule has 1 heterocycles. The Bertz CT molecular complexity index is 840. The Balaban J connectivity index is 1.53. The second-order valence-corrected chi connectivity index (χ2v) is 9.36. The van der Waals surface area contributed by atoms with Crippen molar-refractivity contribution in [3.05, 3.63) is 30.1 Å². The molecule has 1 amide bonds. The Morgan fingerprint density at radius 2 is 1.93 bits per heavy atom. The standard InChI is InChI=1S/C18H23FN4O3S/c1-18(13-20,14-2-3-14)21-17(24)12-22-8-10-23(11-9-22)27(25,26)16-6-4-15(19)5-7-16/h4-7,14H,2-3,8-12H2,1H3,(H,21,24)/p+1/t18-/m1/s1. The molecule has 9 heteroatoms. The summed E-state index contributed by atoms with van der Waals surface area (Å²) in [6, 6.07) is 6.99. The van der Waals surface area contributed by atoms with Crippen LogP contribution in [-0.2, 0) is 14.8 Å². The highest BCUT2D eigenvalue weighted by atomic mass is 32.2. The number of hydrogen-bond donors (Lipinski definition) is 2. The van der Waals surface area contributed by atoms with E-state index < -0.39 is 21.4 Å². The number of carbonyl (C=O) groups excluding carboxylic acids is 1. The zero-order valence-electron chi connectivity index (χ0n) is 15.2. The van der Waals surface area contributed by atoms with Gasteiger partial charge in [0.1, 0.15) is 11.4 Å². The third kappa shape index (κ3) is 4.46. The van der Waals surface area contributed by atoms with Crippen LogP contribution in [0.1, 0.15) is 19.8 Å². The summed E-state index contributed by atoms with van der Waals surface area (Å²) in [4.78, 5) is 13.3. The number of nitriles is 1. The van der Waals surface area contributed by atoms with Crippen molar-refractivity contribution in [1.82, 2.24) is 9.62 Å². The van der Waals surface area contributed by atoms with Crippen LogP contribution in [0, 0.1) is 23.1 Å². The number of carbonyl (C=O) groups is 1. The molecular weight excluding hydrogens is 371 g/mol. The average Bonchev–Trinajstić information content (AvgIpc) is 3.48. The number of nitrogens with zero attached hydrogens (tertiary/aromatic N) is 2. The molecule has 146 valence electrons. The lowest BCUT2D eigenvalue weighted by Gasteiger charge is -2.32. The van der Waals surface area contributed by atoms with Gasteiger partial charge in [-0.2, -0.15) is 9.57 Å². The molecule has 0 bridgehead atoms. The van der Waals surface area contributed by atoms with Crippen molar-refractivity contribution in [3.63, 3.8) is 0 Å². The van der Waals surface area contributed by atoms with Gasteiger partial charge in [-0.05, 0) is 49.9 Å². The number of sulfonamides is 1. The van der Waals surface area contributed by atoms with E-state index >= 15 is 0 Å². The van der Waals surface area contributed by atoms with Gasteiger partial charge >= 0.3 is 0 Å². The molecule has 1 aliphatic heterocycles. The summed E-state index contributed by atoms with van der Waals surface area (Å²) in [6.45, 7) is 3.56. The third-order valence-corrected chi connectivity index (χ3v) is 7.23. The summed E-state index contributed by atoms with van der Waals surface area (Å²) in [5.41, 5.74) is -0.815. The summed E-state index contributed by atoms with van der Waals surface area (Å²) in [5, 5.41) is 12.2. The second kappa shape index (κ2) is 7.54. The van der Waals surface area contributed by atoms with Gasteiger partial charge in [-0.15, -0.1) is 0 Å². The zero-order valence-corrected chi connectivity index (χ0v) is 16.1. The van der Waals surface area contributed by atoms with E-state index in [0.717, 1.165) is 29.9 Å². The minimum Gasteiger partial charge on any atom is -0.333 e. The Hall–Kier alpha value is -2.02. The normalized spacial score (nSPS) is 21.2. The summed E-state index contributed by atoms with van der Waals surface area (Å²) in [5.74, 6) is -0.445. The lowest BCUT2D eigenvalue weighted by atomic mass is 9.98. The first-order chi connectivity index (χ1) is 12.7. The van der Waals surface area contributed by atoms with Gasteiger partial charge < -0.3 is 10.2 Å². The maximum absolute atomic E-state index is 13.0. The molecular formula is C18H24FN4O3S+. The lowest BCUT2D eigenvalue weighted by molar-refractivity contribution is -0.895. The van der Waals surface area contributed by atoms with E-state index in [1.54, 1.807) is 6.92 Å². The molecule has 0 spiro atoms. The largest absolute Gasteiger partial charge is 0.333 e. The number of halogens is 1. The molecule has 3 rings (SSSR count). The van der Waals surface area contributed by atoms with E-state index in [0.29, 0.717) is 26.2 Å². The summed E-state index contributed by atoms with van der Waals surface area (Å²) >= 11 is 0. The Labute approximate surface area is 158 Å². The number of quaternary nitrogens is 1. The van der Waals surface area contributed by atoms with Gasteiger partial charge in [0, 0.05) is 0 Å². The molecule has 7 nitrogen and oxygen atoms in total. The minimum absolute atomic E-state index is 0.0688. The fourth-order valence-electron chi connectivity index (χ4n) is 3.42. The van der Waals surface area contributed by atoms with Crippen molar-refractivity contribution in [2.75, 3.05) is 32.7 Å². The number of amides is 1. The van der Waals surface area contributed by atoms with Gasteiger partial charge in [0.2, 0.25) is 10.0 Å². The number of benzene rings is 1. The van der Waals surface area contributed by atoms with Gasteiger partial charge in [-0.3, -0.25) is 4.79 Å². The second-order valence-electron chi connectivity index (χ2n) is 7.42. The maximum Gasteiger partial charge on any atom is 0.276 e. The van der Waals surface area contributed by atoms with E-state index in [1.807, 2.05) is 0 Å². The first-order valence-electron chi connectivity index (χ1n) is 9.06. The molecule has 1 atom stereocenters. The van der Waals surface area contributed by atoms with Crippen molar-refractivity contribution in [2.45, 2.75) is 30.2 Å². The van der Waals surface area contributed by atoms with E-state index in [9.17, 15) is 22.9 Å². The van der Waals surface area contributed by atoms with Crippen LogP contribution < -0.4 is 10.2 Å². The Morgan fingerprint density at radius 1 is 1.33 bits per heavy atom. The van der Waals surface area contributed by atoms with E-state index in [2.05, 4.69) is 11.4 Å². The van der Waals surface area contributed by atoms with Gasteiger partial charge in [0.15, 0.2) is 6.54 Å². The van der Waals surface area contributed by atoms with Gasteiger partial charge in [0.25, 0.3) is 5.91 Å². The SMILES string of the molecule is C[C@](C#N)(NC(=O)C[NH+]1CCN(S(=O)(=O)c2ccc(F)cc2)CC1)C1CC1. The number of piperazine rings is 1. The minimum atomic E-state index is -3.66. The van der Waals surface area contributed by atoms with Crippen molar-refractivity contribution < 1.29 is 22.5 Å². The Morgan fingerprint density at radius 3 is 2.44 bits per heavy atom. The molecule has 1 saturated heterocycles. The van der Waals surface area contributed by atoms with Crippen LogP contribution in [0.2, 0.25) is 0 Å². The molecule has 0 unspecified atom stereocenters. The van der Waals surface area contributed by atoms with Crippen molar-refractivity contribution >= 4 is 15.9 Å². The third-order valence-electron chi connectivity index (χ3n) is 5.32. The quantitative estimate of drug-likeness (QED) is 0.681. The fourth-order valence-corrected chi connectivity index (χ4v) is 4.86. The highest BCUT2D eigenvalue weighted by Crippen LogP contribution is 2.39. The molecule has 1 aliphatic carbocycles. The van der Waals surface area contributed by atoms with Crippen LogP contribution >= 0.6 is 0 Å². The van der Waals surface area contributed by atoms with Crippen molar-refractivity contribution in [1.29, 1.82) is 5.26 Å². The first kappa shape index (κ1) is 19.7. The predicted molar refractivity (Wildman–Crippen MR) is 95.6 cm³/mol. The first-order valence-corrected chi connectivity index (χ1v) is 10.5. The van der Waals surface area contributed by atoms with E-state index in [-0.39, 0.29) is 23.3 Å². The van der Waals surface area contributed by atoms with E-state index in [4.69, 9.17) is 0 Å². The van der Waals surface area contributed by atoms with Crippen molar-refractivity contribution in [3.8, 4) is 6.07 Å². The van der Waals surface area contributed by atoms with Crippen molar-refractivity contribution in [2.24, 2.45) is 5.92 Å². The van der Waals surface area contributed by atoms with E-state index in [1.165, 1.54) is 16.4 Å². The van der Waals surface area contributed by atoms with Crippen LogP contribution in [0.15, 0.2) is 29.2 Å². The summed E-state index contributed by atoms with van der Waals surface area (Å²) in [7, 11) is -3.66. The van der Waals surface area contributed by atoms with Crippen LogP contribution in [-0.4, -0.2) is 56.9 Å². The van der Waals surface area contributed by atoms with Crippen LogP contribution in [0.3, 0.4) is 0 Å². The van der Waals surface area contributed by atoms with Crippen LogP contribution in [0.4, 0.5) is 4.39 Å². The van der Waals surface area contributed by atoms with Gasteiger partial charge in [-0.25, -0.2) is 12.8 Å². The number of hydrogen-bond acceptors (Lipinski definition) is 4. The maximum atomic E-state index is 13.0.